The van der Waals surface area contributed by atoms with Crippen LogP contribution in [0.3, 0.4) is 0 Å². The van der Waals surface area contributed by atoms with Crippen molar-refractivity contribution in [3.63, 3.8) is 0 Å². The van der Waals surface area contributed by atoms with Gasteiger partial charge in [0.1, 0.15) is 17.7 Å². The highest BCUT2D eigenvalue weighted by Crippen LogP contribution is 2.28. The van der Waals surface area contributed by atoms with Crippen molar-refractivity contribution in [2.24, 2.45) is 0 Å². The van der Waals surface area contributed by atoms with Crippen LogP contribution < -0.4 is 10.9 Å². The van der Waals surface area contributed by atoms with Crippen LogP contribution in [0.1, 0.15) is 24.2 Å². The summed E-state index contributed by atoms with van der Waals surface area (Å²) in [6.07, 6.45) is 2.81. The monoisotopic (exact) mass is 450 g/mol. The van der Waals surface area contributed by atoms with E-state index in [1.165, 1.54) is 43.8 Å². The van der Waals surface area contributed by atoms with Crippen molar-refractivity contribution in [2.75, 3.05) is 5.32 Å². The van der Waals surface area contributed by atoms with Crippen LogP contribution in [0.5, 0.6) is 0 Å². The Hall–Kier alpha value is -4.21. The highest BCUT2D eigenvalue weighted by Gasteiger charge is 2.22. The molecule has 166 valence electrons. The topological polar surface area (TPSA) is 88.5 Å². The molecule has 0 amide bonds. The van der Waals surface area contributed by atoms with Crippen molar-refractivity contribution in [1.29, 1.82) is 0 Å². The first-order chi connectivity index (χ1) is 15.9. The van der Waals surface area contributed by atoms with Gasteiger partial charge in [0.25, 0.3) is 5.56 Å². The third-order valence-electron chi connectivity index (χ3n) is 5.60. The molecule has 0 spiro atoms. The summed E-state index contributed by atoms with van der Waals surface area (Å²) >= 11 is 0. The van der Waals surface area contributed by atoms with E-state index < -0.39 is 29.1 Å². The second-order valence-electron chi connectivity index (χ2n) is 7.61. The number of pyridine rings is 1. The van der Waals surface area contributed by atoms with Crippen LogP contribution >= 0.6 is 0 Å². The van der Waals surface area contributed by atoms with Gasteiger partial charge in [-0.2, -0.15) is 0 Å². The van der Waals surface area contributed by atoms with E-state index in [0.29, 0.717) is 28.1 Å². The van der Waals surface area contributed by atoms with Gasteiger partial charge in [-0.25, -0.2) is 28.1 Å². The van der Waals surface area contributed by atoms with E-state index in [-0.39, 0.29) is 16.6 Å². The number of anilines is 1. The molecule has 0 aliphatic heterocycles. The van der Waals surface area contributed by atoms with E-state index >= 15 is 0 Å². The van der Waals surface area contributed by atoms with Crippen LogP contribution in [0.2, 0.25) is 0 Å². The highest BCUT2D eigenvalue weighted by atomic mass is 19.2. The maximum absolute atomic E-state index is 14.8. The summed E-state index contributed by atoms with van der Waals surface area (Å²) in [7, 11) is 0. The van der Waals surface area contributed by atoms with E-state index in [9.17, 15) is 18.0 Å². The van der Waals surface area contributed by atoms with Crippen LogP contribution in [0, 0.1) is 24.4 Å². The summed E-state index contributed by atoms with van der Waals surface area (Å²) in [5.74, 6) is -2.43. The third kappa shape index (κ3) is 3.30. The summed E-state index contributed by atoms with van der Waals surface area (Å²) in [5, 5.41) is 3.74. The highest BCUT2D eigenvalue weighted by molar-refractivity contribution is 5.86. The molecule has 7 nitrogen and oxygen atoms in total. The van der Waals surface area contributed by atoms with Crippen LogP contribution in [-0.2, 0) is 0 Å². The summed E-state index contributed by atoms with van der Waals surface area (Å²) < 4.78 is 44.2. The lowest BCUT2D eigenvalue weighted by molar-refractivity contribution is 0.502. The number of halogens is 3. The van der Waals surface area contributed by atoms with Crippen LogP contribution in [-0.4, -0.2) is 24.5 Å². The van der Waals surface area contributed by atoms with Gasteiger partial charge < -0.3 is 10.3 Å². The number of nitrogens with one attached hydrogen (secondary N) is 2. The van der Waals surface area contributed by atoms with Crippen LogP contribution in [0.25, 0.3) is 27.6 Å². The van der Waals surface area contributed by atoms with Gasteiger partial charge in [-0.15, -0.1) is 0 Å². The zero-order valence-corrected chi connectivity index (χ0v) is 17.5. The number of nitrogens with zero attached hydrogens (tertiary/aromatic N) is 4. The van der Waals surface area contributed by atoms with Crippen molar-refractivity contribution < 1.29 is 13.2 Å². The summed E-state index contributed by atoms with van der Waals surface area (Å²) in [5.41, 5.74) is 0.516. The quantitative estimate of drug-likeness (QED) is 0.419. The maximum Gasteiger partial charge on any atom is 0.263 e. The molecule has 5 aromatic rings. The Balaban J connectivity index is 1.77. The van der Waals surface area contributed by atoms with E-state index in [4.69, 9.17) is 0 Å². The van der Waals surface area contributed by atoms with Gasteiger partial charge in [-0.3, -0.25) is 9.36 Å². The average Bonchev–Trinajstić information content (AvgIpc) is 3.28. The van der Waals surface area contributed by atoms with Gasteiger partial charge in [-0.05, 0) is 49.1 Å². The fourth-order valence-electron chi connectivity index (χ4n) is 3.95. The number of H-pyrrole nitrogens is 1. The minimum Gasteiger partial charge on any atom is -0.360 e. The summed E-state index contributed by atoms with van der Waals surface area (Å²) in [6.45, 7) is 3.22. The van der Waals surface area contributed by atoms with Gasteiger partial charge in [-0.1, -0.05) is 12.1 Å². The first-order valence-corrected chi connectivity index (χ1v) is 10.1. The van der Waals surface area contributed by atoms with Gasteiger partial charge in [0.15, 0.2) is 23.1 Å². The zero-order valence-electron chi connectivity index (χ0n) is 17.5. The Kier molecular flexibility index (Phi) is 4.85. The smallest absolute Gasteiger partial charge is 0.263 e. The largest absolute Gasteiger partial charge is 0.360 e. The first kappa shape index (κ1) is 20.7. The Morgan fingerprint density at radius 1 is 1.06 bits per heavy atom. The molecule has 2 aromatic carbocycles. The summed E-state index contributed by atoms with van der Waals surface area (Å²) in [6, 6.07) is 7.38. The molecule has 0 saturated carbocycles. The van der Waals surface area contributed by atoms with E-state index in [0.717, 1.165) is 10.6 Å². The molecule has 5 rings (SSSR count). The molecule has 0 bridgehead atoms. The minimum atomic E-state index is -1.18. The number of hydrogen-bond acceptors (Lipinski definition) is 5. The van der Waals surface area contributed by atoms with Crippen molar-refractivity contribution in [1.82, 2.24) is 24.5 Å². The number of benzene rings is 2. The Morgan fingerprint density at radius 2 is 1.88 bits per heavy atom. The van der Waals surface area contributed by atoms with Crippen molar-refractivity contribution in [2.45, 2.75) is 19.9 Å². The van der Waals surface area contributed by atoms with Crippen molar-refractivity contribution >= 4 is 27.8 Å². The van der Waals surface area contributed by atoms with Crippen molar-refractivity contribution in [3.05, 3.63) is 88.1 Å². The first-order valence-electron chi connectivity index (χ1n) is 10.1. The molecule has 3 aromatic heterocycles. The number of rotatable bonds is 4. The Labute approximate surface area is 185 Å². The van der Waals surface area contributed by atoms with Gasteiger partial charge in [0.05, 0.1) is 23.4 Å². The number of aryl methyl sites for hydroxylation is 1. The molecule has 0 aliphatic rings. The second kappa shape index (κ2) is 7.73. The van der Waals surface area contributed by atoms with Crippen molar-refractivity contribution in [3.8, 4) is 5.69 Å². The van der Waals surface area contributed by atoms with Gasteiger partial charge >= 0.3 is 0 Å². The molecule has 33 heavy (non-hydrogen) atoms. The molecule has 0 unspecified atom stereocenters. The predicted molar refractivity (Wildman–Crippen MR) is 118 cm³/mol. The standard InChI is InChI=1S/C23H17F3N6O/c1-11-14(24)7-6-13-8-17(12(2)31-22-20-21(28-9-27-20)29-10-30-22)32(23(33)18(11)13)16-5-3-4-15(25)19(16)26/h3-10,12H,1-2H3,(H2,27,28,29,30,31)/t12-/m0/s1. The lowest BCUT2D eigenvalue weighted by Crippen LogP contribution is -2.27. The number of aromatic amines is 1. The molecule has 0 radical (unpaired) electrons. The molecule has 2 N–H and O–H groups in total. The number of fused-ring (bicyclic) bond motifs is 2. The second-order valence-corrected chi connectivity index (χ2v) is 7.61. The molecule has 1 atom stereocenters. The molecule has 3 heterocycles. The molecule has 0 saturated heterocycles. The average molecular weight is 450 g/mol. The zero-order chi connectivity index (χ0) is 23.3. The number of hydrogen-bond donors (Lipinski definition) is 2. The van der Waals surface area contributed by atoms with Gasteiger partial charge in [0, 0.05) is 5.69 Å². The summed E-state index contributed by atoms with van der Waals surface area (Å²) in [4.78, 5) is 28.9. The van der Waals surface area contributed by atoms with Crippen LogP contribution in [0.15, 0.2) is 53.8 Å². The molecule has 10 heteroatoms. The molecular weight excluding hydrogens is 433 g/mol. The fraction of sp³-hybridized carbons (Fsp3) is 0.130. The van der Waals surface area contributed by atoms with E-state index in [1.807, 2.05) is 0 Å². The molecule has 0 aliphatic carbocycles. The van der Waals surface area contributed by atoms with E-state index in [1.54, 1.807) is 13.0 Å². The number of aromatic nitrogens is 5. The normalized spacial score (nSPS) is 12.4. The lowest BCUT2D eigenvalue weighted by atomic mass is 10.0. The van der Waals surface area contributed by atoms with Gasteiger partial charge in [0.2, 0.25) is 0 Å². The fourth-order valence-corrected chi connectivity index (χ4v) is 3.95. The Morgan fingerprint density at radius 3 is 2.70 bits per heavy atom. The third-order valence-corrected chi connectivity index (χ3v) is 5.60. The predicted octanol–water partition coefficient (Wildman–Crippen LogP) is 4.56. The Bertz CT molecular complexity index is 1590. The maximum atomic E-state index is 14.8. The molecular formula is C23H17F3N6O. The lowest BCUT2D eigenvalue weighted by Gasteiger charge is -2.22. The SMILES string of the molecule is Cc1c(F)ccc2cc([C@H](C)Nc3ncnc4nc[nH]c34)n(-c3cccc(F)c3F)c(=O)c12. The van der Waals surface area contributed by atoms with Crippen LogP contribution in [0.4, 0.5) is 19.0 Å². The number of imidazole rings is 1. The molecule has 0 fully saturated rings. The minimum absolute atomic E-state index is 0.0904. The van der Waals surface area contributed by atoms with E-state index in [2.05, 4.69) is 25.3 Å².